The molecule has 1 aromatic carbocycles. The number of rotatable bonds is 6. The van der Waals surface area contributed by atoms with Gasteiger partial charge in [-0.2, -0.15) is 0 Å². The summed E-state index contributed by atoms with van der Waals surface area (Å²) in [5.41, 5.74) is 1.72. The van der Waals surface area contributed by atoms with Crippen molar-refractivity contribution in [1.29, 1.82) is 0 Å². The Morgan fingerprint density at radius 1 is 1.40 bits per heavy atom. The van der Waals surface area contributed by atoms with E-state index in [0.717, 1.165) is 16.5 Å². The molecule has 1 amide bonds. The number of aromatic amines is 1. The van der Waals surface area contributed by atoms with Crippen LogP contribution in [-0.2, 0) is 16.0 Å². The molecule has 0 fully saturated rings. The first-order valence-electron chi connectivity index (χ1n) is 6.23. The molecule has 2 rings (SSSR count). The molecule has 0 radical (unpaired) electrons. The number of nitrogens with one attached hydrogen (secondary N) is 2. The van der Waals surface area contributed by atoms with E-state index in [1.807, 2.05) is 18.2 Å². The molecule has 0 atom stereocenters. The first kappa shape index (κ1) is 13.9. The number of benzene rings is 1. The van der Waals surface area contributed by atoms with Gasteiger partial charge in [0.05, 0.1) is 20.0 Å². The van der Waals surface area contributed by atoms with Gasteiger partial charge in [-0.05, 0) is 17.7 Å². The normalized spacial score (nSPS) is 10.4. The van der Waals surface area contributed by atoms with E-state index in [0.29, 0.717) is 5.75 Å². The topological polar surface area (TPSA) is 91.4 Å². The summed E-state index contributed by atoms with van der Waals surface area (Å²) < 4.78 is 5.29. The highest BCUT2D eigenvalue weighted by Crippen LogP contribution is 2.28. The minimum atomic E-state index is -0.931. The number of aliphatic carboxylic acids is 1. The van der Waals surface area contributed by atoms with Crippen LogP contribution >= 0.6 is 0 Å². The van der Waals surface area contributed by atoms with Crippen molar-refractivity contribution in [2.24, 2.45) is 0 Å². The number of amides is 1. The quantitative estimate of drug-likeness (QED) is 0.741. The number of methoxy groups -OCH3 is 1. The lowest BCUT2D eigenvalue weighted by atomic mass is 10.1. The van der Waals surface area contributed by atoms with Crippen LogP contribution in [0, 0.1) is 0 Å². The first-order valence-corrected chi connectivity index (χ1v) is 6.23. The summed E-state index contributed by atoms with van der Waals surface area (Å²) >= 11 is 0. The Hall–Kier alpha value is -2.50. The number of ether oxygens (including phenoxy) is 1. The highest BCUT2D eigenvalue weighted by Gasteiger charge is 2.12. The molecule has 0 saturated carbocycles. The molecule has 0 saturated heterocycles. The van der Waals surface area contributed by atoms with Gasteiger partial charge >= 0.3 is 5.97 Å². The zero-order valence-corrected chi connectivity index (χ0v) is 11.1. The van der Waals surface area contributed by atoms with Crippen molar-refractivity contribution in [1.82, 2.24) is 10.3 Å². The summed E-state index contributed by atoms with van der Waals surface area (Å²) in [4.78, 5) is 25.2. The summed E-state index contributed by atoms with van der Waals surface area (Å²) in [6.07, 6.45) is 1.87. The molecule has 20 heavy (non-hydrogen) atoms. The van der Waals surface area contributed by atoms with Crippen molar-refractivity contribution in [2.75, 3.05) is 13.7 Å². The lowest BCUT2D eigenvalue weighted by Gasteiger charge is -2.05. The van der Waals surface area contributed by atoms with Gasteiger partial charge in [-0.15, -0.1) is 0 Å². The number of carboxylic acids is 1. The first-order chi connectivity index (χ1) is 9.61. The van der Waals surface area contributed by atoms with Crippen molar-refractivity contribution < 1.29 is 19.4 Å². The maximum Gasteiger partial charge on any atom is 0.305 e. The number of fused-ring (bicyclic) bond motifs is 1. The Morgan fingerprint density at radius 2 is 2.20 bits per heavy atom. The fraction of sp³-hybridized carbons (Fsp3) is 0.286. The third kappa shape index (κ3) is 3.09. The molecule has 0 aliphatic carbocycles. The number of hydrogen-bond donors (Lipinski definition) is 3. The van der Waals surface area contributed by atoms with Gasteiger partial charge in [0, 0.05) is 23.6 Å². The Bertz CT molecular complexity index is 633. The lowest BCUT2D eigenvalue weighted by molar-refractivity contribution is -0.136. The van der Waals surface area contributed by atoms with E-state index in [-0.39, 0.29) is 25.3 Å². The van der Waals surface area contributed by atoms with Crippen molar-refractivity contribution in [3.05, 3.63) is 30.0 Å². The molecule has 0 bridgehead atoms. The summed E-state index contributed by atoms with van der Waals surface area (Å²) in [5, 5.41) is 12.0. The molecule has 6 heteroatoms. The minimum Gasteiger partial charge on any atom is -0.496 e. The second-order valence-electron chi connectivity index (χ2n) is 4.37. The van der Waals surface area contributed by atoms with Gasteiger partial charge in [-0.25, -0.2) is 0 Å². The van der Waals surface area contributed by atoms with E-state index < -0.39 is 5.97 Å². The third-order valence-corrected chi connectivity index (χ3v) is 2.98. The van der Waals surface area contributed by atoms with Gasteiger partial charge in [-0.1, -0.05) is 6.07 Å². The molecular weight excluding hydrogens is 260 g/mol. The zero-order valence-electron chi connectivity index (χ0n) is 11.1. The molecule has 1 heterocycles. The van der Waals surface area contributed by atoms with E-state index in [9.17, 15) is 9.59 Å². The van der Waals surface area contributed by atoms with E-state index >= 15 is 0 Å². The fourth-order valence-corrected chi connectivity index (χ4v) is 2.07. The SMILES string of the molecule is COc1cccc2[nH]cc(CC(=O)NCCC(=O)O)c12. The Labute approximate surface area is 115 Å². The molecule has 2 aromatic rings. The second-order valence-corrected chi connectivity index (χ2v) is 4.37. The van der Waals surface area contributed by atoms with Crippen molar-refractivity contribution in [2.45, 2.75) is 12.8 Å². The maximum atomic E-state index is 11.8. The summed E-state index contributed by atoms with van der Waals surface area (Å²) in [6, 6.07) is 5.61. The number of carbonyl (C=O) groups is 2. The molecule has 6 nitrogen and oxygen atoms in total. The number of hydrogen-bond acceptors (Lipinski definition) is 3. The van der Waals surface area contributed by atoms with E-state index in [1.165, 1.54) is 0 Å². The third-order valence-electron chi connectivity index (χ3n) is 2.98. The molecule has 0 spiro atoms. The van der Waals surface area contributed by atoms with Crippen LogP contribution in [0.15, 0.2) is 24.4 Å². The lowest BCUT2D eigenvalue weighted by Crippen LogP contribution is -2.27. The molecular formula is C14H16N2O4. The van der Waals surface area contributed by atoms with Crippen molar-refractivity contribution in [3.8, 4) is 5.75 Å². The highest BCUT2D eigenvalue weighted by atomic mass is 16.5. The van der Waals surface area contributed by atoms with Crippen LogP contribution in [0.1, 0.15) is 12.0 Å². The number of carboxylic acid groups (broad SMARTS) is 1. The van der Waals surface area contributed by atoms with Crippen LogP contribution in [0.4, 0.5) is 0 Å². The number of H-pyrrole nitrogens is 1. The fourth-order valence-electron chi connectivity index (χ4n) is 2.07. The van der Waals surface area contributed by atoms with Gasteiger partial charge in [0.25, 0.3) is 0 Å². The predicted octanol–water partition coefficient (Wildman–Crippen LogP) is 1.31. The monoisotopic (exact) mass is 276 g/mol. The molecule has 106 valence electrons. The summed E-state index contributed by atoms with van der Waals surface area (Å²) in [5.74, 6) is -0.436. The zero-order chi connectivity index (χ0) is 14.5. The van der Waals surface area contributed by atoms with E-state index in [1.54, 1.807) is 13.3 Å². The van der Waals surface area contributed by atoms with Gasteiger partial charge in [0.2, 0.25) is 5.91 Å². The van der Waals surface area contributed by atoms with Crippen molar-refractivity contribution >= 4 is 22.8 Å². The van der Waals surface area contributed by atoms with E-state index in [4.69, 9.17) is 9.84 Å². The number of aromatic nitrogens is 1. The van der Waals surface area contributed by atoms with Gasteiger partial charge in [-0.3, -0.25) is 9.59 Å². The van der Waals surface area contributed by atoms with E-state index in [2.05, 4.69) is 10.3 Å². The van der Waals surface area contributed by atoms with Crippen LogP contribution in [0.2, 0.25) is 0 Å². The molecule has 0 aliphatic rings. The van der Waals surface area contributed by atoms with Gasteiger partial charge < -0.3 is 20.1 Å². The second kappa shape index (κ2) is 6.10. The standard InChI is InChI=1S/C14H16N2O4/c1-20-11-4-2-3-10-14(11)9(8-16-10)7-12(17)15-6-5-13(18)19/h2-4,8,16H,5-7H2,1H3,(H,15,17)(H,18,19). The predicted molar refractivity (Wildman–Crippen MR) is 73.8 cm³/mol. The van der Waals surface area contributed by atoms with Crippen LogP contribution in [0.3, 0.4) is 0 Å². The maximum absolute atomic E-state index is 11.8. The average Bonchev–Trinajstić information content (AvgIpc) is 2.81. The smallest absolute Gasteiger partial charge is 0.305 e. The van der Waals surface area contributed by atoms with Gasteiger partial charge in [0.15, 0.2) is 0 Å². The van der Waals surface area contributed by atoms with Crippen LogP contribution in [-0.4, -0.2) is 35.6 Å². The molecule has 3 N–H and O–H groups in total. The summed E-state index contributed by atoms with van der Waals surface area (Å²) in [6.45, 7) is 0.133. The van der Waals surface area contributed by atoms with Crippen LogP contribution in [0.5, 0.6) is 5.75 Å². The van der Waals surface area contributed by atoms with Gasteiger partial charge in [0.1, 0.15) is 5.75 Å². The Morgan fingerprint density at radius 3 is 2.90 bits per heavy atom. The molecule has 0 aliphatic heterocycles. The summed E-state index contributed by atoms with van der Waals surface area (Å²) in [7, 11) is 1.58. The largest absolute Gasteiger partial charge is 0.496 e. The van der Waals surface area contributed by atoms with Crippen LogP contribution in [0.25, 0.3) is 10.9 Å². The molecule has 1 aromatic heterocycles. The Balaban J connectivity index is 2.09. The number of carbonyl (C=O) groups excluding carboxylic acids is 1. The van der Waals surface area contributed by atoms with Crippen molar-refractivity contribution in [3.63, 3.8) is 0 Å². The molecule has 0 unspecified atom stereocenters. The van der Waals surface area contributed by atoms with Crippen LogP contribution < -0.4 is 10.1 Å². The highest BCUT2D eigenvalue weighted by molar-refractivity contribution is 5.93. The Kier molecular flexibility index (Phi) is 4.24. The minimum absolute atomic E-state index is 0.0804. The average molecular weight is 276 g/mol.